The van der Waals surface area contributed by atoms with Crippen molar-refractivity contribution < 1.29 is 4.43 Å². The Hall–Kier alpha value is 0.107. The molecule has 0 unspecified atom stereocenters. The minimum Gasteiger partial charge on any atom is -0.536 e. The molecule has 0 aliphatic heterocycles. The first-order valence-corrected chi connectivity index (χ1v) is 3.89. The molecular weight excluding hydrogens is 148 g/mol. The van der Waals surface area contributed by atoms with Crippen molar-refractivity contribution in [3.63, 3.8) is 0 Å². The van der Waals surface area contributed by atoms with E-state index >= 15 is 0 Å². The van der Waals surface area contributed by atoms with E-state index in [-0.39, 0.29) is 4.75 Å². The minimum absolute atomic E-state index is 0.184. The molecule has 0 aromatic rings. The molecule has 0 aliphatic carbocycles. The Kier molecular flexibility index (Phi) is 3.36. The van der Waals surface area contributed by atoms with Gasteiger partial charge in [-0.1, -0.05) is 39.1 Å². The molecule has 3 radical (unpaired) electrons. The summed E-state index contributed by atoms with van der Waals surface area (Å²) in [7, 11) is 2.89. The minimum atomic E-state index is 0.184. The van der Waals surface area contributed by atoms with E-state index in [0.717, 1.165) is 0 Å². The summed E-state index contributed by atoms with van der Waals surface area (Å²) in [5.41, 5.74) is 0. The first-order chi connectivity index (χ1) is 3.95. The molecule has 0 amide bonds. The quantitative estimate of drug-likeness (QED) is 0.451. The molecule has 9 heavy (non-hydrogen) atoms. The Labute approximate surface area is 64.4 Å². The van der Waals surface area contributed by atoms with Crippen LogP contribution >= 0.6 is 11.8 Å². The highest BCUT2D eigenvalue weighted by Crippen LogP contribution is 2.29. The van der Waals surface area contributed by atoms with Gasteiger partial charge in [0.1, 0.15) is 5.09 Å². The fourth-order valence-electron chi connectivity index (χ4n) is 0.362. The van der Waals surface area contributed by atoms with Crippen LogP contribution in [0.15, 0.2) is 11.7 Å². The average molecular weight is 159 g/mol. The molecule has 0 heterocycles. The van der Waals surface area contributed by atoms with Gasteiger partial charge in [0.2, 0.25) is 0 Å². The standard InChI is InChI=1S/C6H11OSSi/c1-5(7-9)8-6(2,3)4/h1H2,2-4H3. The van der Waals surface area contributed by atoms with Crippen LogP contribution in [0.25, 0.3) is 0 Å². The average Bonchev–Trinajstić information content (AvgIpc) is 1.62. The van der Waals surface area contributed by atoms with Gasteiger partial charge >= 0.3 is 10.5 Å². The van der Waals surface area contributed by atoms with Crippen LogP contribution < -0.4 is 0 Å². The van der Waals surface area contributed by atoms with Gasteiger partial charge in [0.15, 0.2) is 0 Å². The van der Waals surface area contributed by atoms with E-state index in [1.54, 1.807) is 11.8 Å². The largest absolute Gasteiger partial charge is 0.536 e. The third-order valence-electron chi connectivity index (χ3n) is 0.534. The molecule has 0 fully saturated rings. The fraction of sp³-hybridized carbons (Fsp3) is 0.667. The first-order valence-electron chi connectivity index (χ1n) is 2.67. The Balaban J connectivity index is 3.60. The number of hydrogen-bond donors (Lipinski definition) is 0. The van der Waals surface area contributed by atoms with Crippen LogP contribution in [0.2, 0.25) is 0 Å². The van der Waals surface area contributed by atoms with Crippen molar-refractivity contribution >= 4 is 22.2 Å². The molecule has 0 aromatic heterocycles. The third kappa shape index (κ3) is 5.99. The fourth-order valence-corrected chi connectivity index (χ4v) is 1.21. The normalized spacial score (nSPS) is 11.1. The maximum Gasteiger partial charge on any atom is 0.341 e. The van der Waals surface area contributed by atoms with E-state index in [0.29, 0.717) is 5.09 Å². The maximum atomic E-state index is 4.70. The van der Waals surface area contributed by atoms with E-state index in [1.807, 2.05) is 0 Å². The van der Waals surface area contributed by atoms with E-state index in [2.05, 4.69) is 37.8 Å². The summed E-state index contributed by atoms with van der Waals surface area (Å²) in [6, 6.07) is 0. The number of hydrogen-bond acceptors (Lipinski definition) is 2. The van der Waals surface area contributed by atoms with Crippen molar-refractivity contribution in [1.29, 1.82) is 0 Å². The lowest BCUT2D eigenvalue weighted by Gasteiger charge is -2.17. The van der Waals surface area contributed by atoms with Crippen LogP contribution in [0.4, 0.5) is 0 Å². The van der Waals surface area contributed by atoms with Crippen LogP contribution in [-0.2, 0) is 4.43 Å². The van der Waals surface area contributed by atoms with Gasteiger partial charge in [0.05, 0.1) is 0 Å². The predicted molar refractivity (Wildman–Crippen MR) is 43.3 cm³/mol. The van der Waals surface area contributed by atoms with Gasteiger partial charge in [-0.15, -0.1) is 0 Å². The summed E-state index contributed by atoms with van der Waals surface area (Å²) >= 11 is 1.59. The van der Waals surface area contributed by atoms with Gasteiger partial charge in [-0.2, -0.15) is 0 Å². The maximum absolute atomic E-state index is 4.70. The molecule has 0 saturated carbocycles. The molecule has 0 atom stereocenters. The highest BCUT2D eigenvalue weighted by atomic mass is 32.2. The topological polar surface area (TPSA) is 9.23 Å². The van der Waals surface area contributed by atoms with Crippen LogP contribution in [0.1, 0.15) is 20.8 Å². The molecule has 0 aliphatic rings. The van der Waals surface area contributed by atoms with Gasteiger partial charge < -0.3 is 4.43 Å². The van der Waals surface area contributed by atoms with Gasteiger partial charge in [-0.25, -0.2) is 0 Å². The molecule has 3 heteroatoms. The Bertz CT molecular complexity index is 106. The second-order valence-corrected chi connectivity index (χ2v) is 4.78. The molecule has 51 valence electrons. The van der Waals surface area contributed by atoms with E-state index in [9.17, 15) is 0 Å². The SMILES string of the molecule is C=C(O[Si])SC(C)(C)C. The molecule has 0 spiro atoms. The van der Waals surface area contributed by atoms with E-state index < -0.39 is 0 Å². The lowest BCUT2D eigenvalue weighted by atomic mass is 10.3. The van der Waals surface area contributed by atoms with E-state index in [1.165, 1.54) is 0 Å². The monoisotopic (exact) mass is 159 g/mol. The van der Waals surface area contributed by atoms with Crippen molar-refractivity contribution in [3.8, 4) is 0 Å². The van der Waals surface area contributed by atoms with Gasteiger partial charge in [-0.05, 0) is 0 Å². The zero-order valence-corrected chi connectivity index (χ0v) is 7.84. The Morgan fingerprint density at radius 1 is 1.56 bits per heavy atom. The summed E-state index contributed by atoms with van der Waals surface area (Å²) in [5, 5.41) is 0.694. The Morgan fingerprint density at radius 2 is 2.00 bits per heavy atom. The first kappa shape index (κ1) is 9.11. The summed E-state index contributed by atoms with van der Waals surface area (Å²) in [4.78, 5) is 0. The predicted octanol–water partition coefficient (Wildman–Crippen LogP) is 2.09. The highest BCUT2D eigenvalue weighted by molar-refractivity contribution is 8.04. The molecular formula is C6H11OSSi. The molecule has 0 aromatic carbocycles. The van der Waals surface area contributed by atoms with Gasteiger partial charge in [0.25, 0.3) is 0 Å². The van der Waals surface area contributed by atoms with Crippen molar-refractivity contribution in [2.45, 2.75) is 25.5 Å². The number of rotatable bonds is 2. The van der Waals surface area contributed by atoms with Crippen molar-refractivity contribution in [1.82, 2.24) is 0 Å². The van der Waals surface area contributed by atoms with Crippen molar-refractivity contribution in [2.24, 2.45) is 0 Å². The van der Waals surface area contributed by atoms with Crippen molar-refractivity contribution in [3.05, 3.63) is 11.7 Å². The lowest BCUT2D eigenvalue weighted by molar-refractivity contribution is 0.517. The second-order valence-electron chi connectivity index (χ2n) is 2.69. The number of thioether (sulfide) groups is 1. The Morgan fingerprint density at radius 3 is 2.11 bits per heavy atom. The highest BCUT2D eigenvalue weighted by Gasteiger charge is 2.12. The summed E-state index contributed by atoms with van der Waals surface area (Å²) in [5.74, 6) is 0. The van der Waals surface area contributed by atoms with Crippen LogP contribution in [-0.4, -0.2) is 15.2 Å². The summed E-state index contributed by atoms with van der Waals surface area (Å²) < 4.78 is 4.88. The molecule has 1 nitrogen and oxygen atoms in total. The molecule has 0 saturated heterocycles. The third-order valence-corrected chi connectivity index (χ3v) is 1.85. The summed E-state index contributed by atoms with van der Waals surface area (Å²) in [6.07, 6.45) is 0. The van der Waals surface area contributed by atoms with Crippen LogP contribution in [0.5, 0.6) is 0 Å². The zero-order chi connectivity index (χ0) is 7.49. The van der Waals surface area contributed by atoms with Crippen LogP contribution in [0.3, 0.4) is 0 Å². The summed E-state index contributed by atoms with van der Waals surface area (Å²) in [6.45, 7) is 9.97. The smallest absolute Gasteiger partial charge is 0.341 e. The van der Waals surface area contributed by atoms with Crippen LogP contribution in [0, 0.1) is 0 Å². The molecule has 0 rings (SSSR count). The van der Waals surface area contributed by atoms with Gasteiger partial charge in [-0.3, -0.25) is 0 Å². The van der Waals surface area contributed by atoms with Gasteiger partial charge in [0, 0.05) is 4.75 Å². The zero-order valence-electron chi connectivity index (χ0n) is 6.02. The molecule has 0 N–H and O–H groups in total. The molecule has 0 bridgehead atoms. The van der Waals surface area contributed by atoms with Crippen molar-refractivity contribution in [2.75, 3.05) is 0 Å². The lowest BCUT2D eigenvalue weighted by Crippen LogP contribution is -2.07. The van der Waals surface area contributed by atoms with E-state index in [4.69, 9.17) is 4.43 Å². The second kappa shape index (κ2) is 3.32.